The van der Waals surface area contributed by atoms with Crippen molar-refractivity contribution in [2.45, 2.75) is 44.6 Å². The molecule has 1 amide bonds. The van der Waals surface area contributed by atoms with Gasteiger partial charge in [-0.25, -0.2) is 0 Å². The normalized spacial score (nSPS) is 28.9. The van der Waals surface area contributed by atoms with Crippen molar-refractivity contribution in [1.29, 1.82) is 0 Å². The smallest absolute Gasteiger partial charge is 0.248 e. The zero-order valence-corrected chi connectivity index (χ0v) is 10.6. The Balaban J connectivity index is 1.87. The van der Waals surface area contributed by atoms with E-state index in [1.807, 2.05) is 0 Å². The van der Waals surface area contributed by atoms with Crippen LogP contribution in [0.25, 0.3) is 0 Å². The van der Waals surface area contributed by atoms with Crippen molar-refractivity contribution < 1.29 is 9.53 Å². The van der Waals surface area contributed by atoms with Crippen molar-refractivity contribution >= 4 is 5.91 Å². The van der Waals surface area contributed by atoms with Crippen LogP contribution < -0.4 is 5.73 Å². The molecule has 17 heavy (non-hydrogen) atoms. The van der Waals surface area contributed by atoms with Crippen LogP contribution in [-0.4, -0.2) is 43.2 Å². The summed E-state index contributed by atoms with van der Waals surface area (Å²) in [4.78, 5) is 14.2. The quantitative estimate of drug-likeness (QED) is 0.750. The molecule has 0 radical (unpaired) electrons. The number of piperidine rings is 1. The second-order valence-corrected chi connectivity index (χ2v) is 5.18. The Labute approximate surface area is 103 Å². The van der Waals surface area contributed by atoms with Gasteiger partial charge in [-0.2, -0.15) is 0 Å². The first-order valence-electron chi connectivity index (χ1n) is 6.90. The number of amides is 1. The van der Waals surface area contributed by atoms with Crippen LogP contribution in [0, 0.1) is 5.92 Å². The summed E-state index contributed by atoms with van der Waals surface area (Å²) in [5, 5.41) is 0. The third-order valence-corrected chi connectivity index (χ3v) is 4.05. The first-order chi connectivity index (χ1) is 8.33. The van der Waals surface area contributed by atoms with Gasteiger partial charge in [0.05, 0.1) is 6.61 Å². The van der Waals surface area contributed by atoms with Gasteiger partial charge in [0, 0.05) is 19.1 Å². The average molecular weight is 240 g/mol. The van der Waals surface area contributed by atoms with Crippen molar-refractivity contribution in [3.05, 3.63) is 0 Å². The number of rotatable bonds is 4. The van der Waals surface area contributed by atoms with Gasteiger partial charge in [-0.05, 0) is 31.6 Å². The molecule has 2 N–H and O–H groups in total. The molecule has 1 saturated heterocycles. The van der Waals surface area contributed by atoms with E-state index in [1.165, 1.54) is 32.1 Å². The molecule has 0 aromatic carbocycles. The summed E-state index contributed by atoms with van der Waals surface area (Å²) in [6.45, 7) is 2.10. The van der Waals surface area contributed by atoms with Crippen molar-refractivity contribution in [2.24, 2.45) is 11.7 Å². The molecule has 98 valence electrons. The maximum atomic E-state index is 12.1. The van der Waals surface area contributed by atoms with E-state index >= 15 is 0 Å². The highest BCUT2D eigenvalue weighted by Crippen LogP contribution is 2.35. The Hall–Kier alpha value is -0.610. The minimum Gasteiger partial charge on any atom is -0.370 e. The Morgan fingerprint density at radius 3 is 2.82 bits per heavy atom. The summed E-state index contributed by atoms with van der Waals surface area (Å²) in [5.41, 5.74) is 5.35. The number of nitrogens with zero attached hydrogens (tertiary/aromatic N) is 1. The van der Waals surface area contributed by atoms with E-state index in [4.69, 9.17) is 10.5 Å². The lowest BCUT2D eigenvalue weighted by molar-refractivity contribution is -0.142. The van der Waals surface area contributed by atoms with Crippen LogP contribution in [0.5, 0.6) is 0 Å². The van der Waals surface area contributed by atoms with Crippen LogP contribution in [0.2, 0.25) is 0 Å². The standard InChI is InChI=1S/C13H24N2O2/c14-7-9-17-10-13(16)15-8-3-5-11-4-1-2-6-12(11)15/h11-12H,1-10,14H2/t11-,12-/m1/s1. The van der Waals surface area contributed by atoms with Gasteiger partial charge in [-0.1, -0.05) is 12.8 Å². The summed E-state index contributed by atoms with van der Waals surface area (Å²) >= 11 is 0. The van der Waals surface area contributed by atoms with Crippen LogP contribution in [0.1, 0.15) is 38.5 Å². The lowest BCUT2D eigenvalue weighted by Gasteiger charge is -2.44. The predicted molar refractivity (Wildman–Crippen MR) is 66.6 cm³/mol. The number of likely N-dealkylation sites (tertiary alicyclic amines) is 1. The van der Waals surface area contributed by atoms with Crippen molar-refractivity contribution in [3.8, 4) is 0 Å². The molecule has 4 heteroatoms. The highest BCUT2D eigenvalue weighted by molar-refractivity contribution is 5.78. The summed E-state index contributed by atoms with van der Waals surface area (Å²) in [7, 11) is 0. The maximum Gasteiger partial charge on any atom is 0.248 e. The van der Waals surface area contributed by atoms with Crippen molar-refractivity contribution in [3.63, 3.8) is 0 Å². The van der Waals surface area contributed by atoms with Gasteiger partial charge in [-0.15, -0.1) is 0 Å². The first-order valence-corrected chi connectivity index (χ1v) is 6.90. The highest BCUT2D eigenvalue weighted by atomic mass is 16.5. The van der Waals surface area contributed by atoms with Gasteiger partial charge in [0.1, 0.15) is 6.61 Å². The van der Waals surface area contributed by atoms with Crippen LogP contribution in [0.15, 0.2) is 0 Å². The van der Waals surface area contributed by atoms with Gasteiger partial charge in [0.15, 0.2) is 0 Å². The van der Waals surface area contributed by atoms with Gasteiger partial charge < -0.3 is 15.4 Å². The number of fused-ring (bicyclic) bond motifs is 1. The van der Waals surface area contributed by atoms with E-state index in [0.717, 1.165) is 18.9 Å². The molecular formula is C13H24N2O2. The Morgan fingerprint density at radius 2 is 2.00 bits per heavy atom. The third kappa shape index (κ3) is 3.19. The van der Waals surface area contributed by atoms with Gasteiger partial charge in [0.2, 0.25) is 5.91 Å². The molecule has 0 unspecified atom stereocenters. The molecule has 0 aromatic heterocycles. The number of ether oxygens (including phenoxy) is 1. The molecule has 0 spiro atoms. The van der Waals surface area contributed by atoms with Crippen LogP contribution >= 0.6 is 0 Å². The molecule has 2 atom stereocenters. The van der Waals surface area contributed by atoms with E-state index < -0.39 is 0 Å². The molecule has 2 fully saturated rings. The van der Waals surface area contributed by atoms with Crippen LogP contribution in [0.4, 0.5) is 0 Å². The number of nitrogens with two attached hydrogens (primary N) is 1. The molecule has 1 aliphatic carbocycles. The number of carbonyl (C=O) groups excluding carboxylic acids is 1. The van der Waals surface area contributed by atoms with Crippen molar-refractivity contribution in [1.82, 2.24) is 4.90 Å². The highest BCUT2D eigenvalue weighted by Gasteiger charge is 2.35. The molecule has 4 nitrogen and oxygen atoms in total. The zero-order valence-electron chi connectivity index (χ0n) is 10.6. The fourth-order valence-electron chi connectivity index (χ4n) is 3.26. The monoisotopic (exact) mass is 240 g/mol. The fourth-order valence-corrected chi connectivity index (χ4v) is 3.26. The van der Waals surface area contributed by atoms with Crippen LogP contribution in [0.3, 0.4) is 0 Å². The molecular weight excluding hydrogens is 216 g/mol. The molecule has 2 aliphatic rings. The minimum absolute atomic E-state index is 0.162. The maximum absolute atomic E-state index is 12.1. The second kappa shape index (κ2) is 6.36. The third-order valence-electron chi connectivity index (χ3n) is 4.05. The Kier molecular flexibility index (Phi) is 4.80. The SMILES string of the molecule is NCCOCC(=O)N1CCC[C@H]2CCCC[C@H]21. The number of carbonyl (C=O) groups is 1. The molecule has 0 bridgehead atoms. The summed E-state index contributed by atoms with van der Waals surface area (Å²) in [6.07, 6.45) is 7.56. The zero-order chi connectivity index (χ0) is 12.1. The van der Waals surface area contributed by atoms with E-state index in [2.05, 4.69) is 4.90 Å². The van der Waals surface area contributed by atoms with E-state index in [-0.39, 0.29) is 12.5 Å². The minimum atomic E-state index is 0.162. The summed E-state index contributed by atoms with van der Waals surface area (Å²) in [5.74, 6) is 0.908. The van der Waals surface area contributed by atoms with Gasteiger partial charge >= 0.3 is 0 Å². The van der Waals surface area contributed by atoms with E-state index in [1.54, 1.807) is 0 Å². The predicted octanol–water partition coefficient (Wildman–Crippen LogP) is 1.14. The Morgan fingerprint density at radius 1 is 1.24 bits per heavy atom. The van der Waals surface area contributed by atoms with Crippen molar-refractivity contribution in [2.75, 3.05) is 26.3 Å². The number of hydrogen-bond acceptors (Lipinski definition) is 3. The molecule has 0 aromatic rings. The topological polar surface area (TPSA) is 55.6 Å². The Bertz CT molecular complexity index is 256. The average Bonchev–Trinajstić information content (AvgIpc) is 2.38. The summed E-state index contributed by atoms with van der Waals surface area (Å²) in [6, 6.07) is 0.492. The lowest BCUT2D eigenvalue weighted by atomic mass is 9.78. The molecule has 1 saturated carbocycles. The second-order valence-electron chi connectivity index (χ2n) is 5.18. The van der Waals surface area contributed by atoms with Gasteiger partial charge in [0.25, 0.3) is 0 Å². The largest absolute Gasteiger partial charge is 0.370 e. The molecule has 1 heterocycles. The lowest BCUT2D eigenvalue weighted by Crippen LogP contribution is -2.50. The molecule has 1 aliphatic heterocycles. The van der Waals surface area contributed by atoms with Gasteiger partial charge in [-0.3, -0.25) is 4.79 Å². The van der Waals surface area contributed by atoms with E-state index in [0.29, 0.717) is 19.2 Å². The fraction of sp³-hybridized carbons (Fsp3) is 0.923. The summed E-state index contributed by atoms with van der Waals surface area (Å²) < 4.78 is 5.26. The number of hydrogen-bond donors (Lipinski definition) is 1. The molecule has 2 rings (SSSR count). The first kappa shape index (κ1) is 12.8. The van der Waals surface area contributed by atoms with E-state index in [9.17, 15) is 4.79 Å². The van der Waals surface area contributed by atoms with Crippen LogP contribution in [-0.2, 0) is 9.53 Å².